The van der Waals surface area contributed by atoms with Crippen LogP contribution < -0.4 is 5.32 Å². The number of halogens is 1. The third-order valence-corrected chi connectivity index (χ3v) is 5.39. The highest BCUT2D eigenvalue weighted by molar-refractivity contribution is 7.16. The molecule has 0 amide bonds. The maximum atomic E-state index is 5.94. The predicted octanol–water partition coefficient (Wildman–Crippen LogP) is 4.93. The highest BCUT2D eigenvalue weighted by Gasteiger charge is 2.08. The minimum atomic E-state index is 0.357. The highest BCUT2D eigenvalue weighted by atomic mass is 35.5. The van der Waals surface area contributed by atoms with Crippen LogP contribution in [0.25, 0.3) is 0 Å². The average molecular weight is 286 g/mol. The second-order valence-corrected chi connectivity index (χ2v) is 7.28. The molecule has 92 valence electrons. The Labute approximate surface area is 115 Å². The summed E-state index contributed by atoms with van der Waals surface area (Å²) in [7, 11) is 0. The lowest BCUT2D eigenvalue weighted by molar-refractivity contribution is 0.587. The van der Waals surface area contributed by atoms with Crippen LogP contribution in [0.15, 0.2) is 18.2 Å². The van der Waals surface area contributed by atoms with Crippen molar-refractivity contribution in [3.8, 4) is 0 Å². The van der Waals surface area contributed by atoms with Gasteiger partial charge in [-0.1, -0.05) is 11.6 Å². The standard InChI is InChI=1S/C13H16ClNS2/c1-8-6-11(16-10(8)3)7-15-9(2)12-4-5-13(14)17-12/h4-6,9,15H,7H2,1-3H3. The molecule has 1 nitrogen and oxygen atoms in total. The van der Waals surface area contributed by atoms with Gasteiger partial charge in [0, 0.05) is 27.2 Å². The van der Waals surface area contributed by atoms with Gasteiger partial charge in [0.05, 0.1) is 4.34 Å². The van der Waals surface area contributed by atoms with Crippen LogP contribution in [0.2, 0.25) is 4.34 Å². The smallest absolute Gasteiger partial charge is 0.0931 e. The average Bonchev–Trinajstić information content (AvgIpc) is 2.83. The number of rotatable bonds is 4. The maximum Gasteiger partial charge on any atom is 0.0931 e. The van der Waals surface area contributed by atoms with Gasteiger partial charge in [-0.05, 0) is 44.5 Å². The van der Waals surface area contributed by atoms with Gasteiger partial charge in [-0.2, -0.15) is 0 Å². The molecule has 0 saturated carbocycles. The SMILES string of the molecule is Cc1cc(CNC(C)c2ccc(Cl)s2)sc1C. The lowest BCUT2D eigenvalue weighted by Gasteiger charge is -2.10. The summed E-state index contributed by atoms with van der Waals surface area (Å²) in [5.41, 5.74) is 1.39. The summed E-state index contributed by atoms with van der Waals surface area (Å²) in [6.45, 7) is 7.44. The van der Waals surface area contributed by atoms with Crippen molar-refractivity contribution >= 4 is 34.3 Å². The molecule has 0 aliphatic heterocycles. The number of hydrogen-bond donors (Lipinski definition) is 1. The molecule has 0 aliphatic rings. The van der Waals surface area contributed by atoms with Crippen molar-refractivity contribution in [2.24, 2.45) is 0 Å². The van der Waals surface area contributed by atoms with Crippen molar-refractivity contribution in [1.29, 1.82) is 0 Å². The topological polar surface area (TPSA) is 12.0 Å². The van der Waals surface area contributed by atoms with Crippen molar-refractivity contribution in [3.63, 3.8) is 0 Å². The predicted molar refractivity (Wildman–Crippen MR) is 78.4 cm³/mol. The molecule has 0 bridgehead atoms. The first-order valence-corrected chi connectivity index (χ1v) is 7.62. The molecular weight excluding hydrogens is 270 g/mol. The summed E-state index contributed by atoms with van der Waals surface area (Å²) in [5, 5.41) is 3.53. The minimum Gasteiger partial charge on any atom is -0.305 e. The Bertz CT molecular complexity index is 482. The molecule has 4 heteroatoms. The van der Waals surface area contributed by atoms with E-state index in [4.69, 9.17) is 11.6 Å². The van der Waals surface area contributed by atoms with Crippen LogP contribution in [0.4, 0.5) is 0 Å². The highest BCUT2D eigenvalue weighted by Crippen LogP contribution is 2.27. The molecule has 0 fully saturated rings. The van der Waals surface area contributed by atoms with Gasteiger partial charge in [-0.3, -0.25) is 0 Å². The van der Waals surface area contributed by atoms with E-state index < -0.39 is 0 Å². The van der Waals surface area contributed by atoms with Crippen molar-refractivity contribution in [2.45, 2.75) is 33.4 Å². The monoisotopic (exact) mass is 285 g/mol. The Morgan fingerprint density at radius 1 is 1.29 bits per heavy atom. The number of hydrogen-bond acceptors (Lipinski definition) is 3. The maximum absolute atomic E-state index is 5.94. The zero-order valence-corrected chi connectivity index (χ0v) is 12.6. The molecule has 2 rings (SSSR count). The third-order valence-electron chi connectivity index (χ3n) is 2.82. The van der Waals surface area contributed by atoms with E-state index in [0.29, 0.717) is 6.04 Å². The first kappa shape index (κ1) is 13.1. The Kier molecular flexibility index (Phi) is 4.26. The lowest BCUT2D eigenvalue weighted by Crippen LogP contribution is -2.16. The Balaban J connectivity index is 1.94. The van der Waals surface area contributed by atoms with Crippen LogP contribution in [0.1, 0.15) is 33.2 Å². The molecule has 0 aromatic carbocycles. The van der Waals surface area contributed by atoms with Gasteiger partial charge in [0.2, 0.25) is 0 Å². The molecule has 2 aromatic rings. The fraction of sp³-hybridized carbons (Fsp3) is 0.385. The fourth-order valence-electron chi connectivity index (χ4n) is 1.65. The van der Waals surface area contributed by atoms with Gasteiger partial charge < -0.3 is 5.32 Å². The molecular formula is C13H16ClNS2. The normalized spacial score (nSPS) is 12.9. The summed E-state index contributed by atoms with van der Waals surface area (Å²) in [6.07, 6.45) is 0. The first-order valence-electron chi connectivity index (χ1n) is 5.61. The number of thiophene rings is 2. The van der Waals surface area contributed by atoms with Crippen LogP contribution in [0, 0.1) is 13.8 Å². The van der Waals surface area contributed by atoms with Crippen LogP contribution in [-0.2, 0) is 6.54 Å². The van der Waals surface area contributed by atoms with Crippen LogP contribution >= 0.6 is 34.3 Å². The lowest BCUT2D eigenvalue weighted by atomic mass is 10.2. The van der Waals surface area contributed by atoms with Crippen molar-refractivity contribution in [2.75, 3.05) is 0 Å². The van der Waals surface area contributed by atoms with Crippen molar-refractivity contribution in [3.05, 3.63) is 42.7 Å². The summed E-state index contributed by atoms with van der Waals surface area (Å²) in [5.74, 6) is 0. The molecule has 2 heterocycles. The quantitative estimate of drug-likeness (QED) is 0.840. The van der Waals surface area contributed by atoms with Gasteiger partial charge in [-0.25, -0.2) is 0 Å². The Morgan fingerprint density at radius 3 is 2.59 bits per heavy atom. The molecule has 1 N–H and O–H groups in total. The van der Waals surface area contributed by atoms with Crippen LogP contribution in [-0.4, -0.2) is 0 Å². The van der Waals surface area contributed by atoms with Gasteiger partial charge in [0.1, 0.15) is 0 Å². The number of aryl methyl sites for hydroxylation is 2. The second-order valence-electron chi connectivity index (χ2n) is 4.20. The van der Waals surface area contributed by atoms with Crippen LogP contribution in [0.3, 0.4) is 0 Å². The largest absolute Gasteiger partial charge is 0.305 e. The molecule has 0 aliphatic carbocycles. The zero-order chi connectivity index (χ0) is 12.4. The summed E-state index contributed by atoms with van der Waals surface area (Å²) in [4.78, 5) is 4.10. The minimum absolute atomic E-state index is 0.357. The van der Waals surface area contributed by atoms with E-state index >= 15 is 0 Å². The summed E-state index contributed by atoms with van der Waals surface area (Å²) in [6, 6.07) is 6.67. The Hall–Kier alpha value is -0.350. The molecule has 0 radical (unpaired) electrons. The molecule has 2 aromatic heterocycles. The van der Waals surface area contributed by atoms with Gasteiger partial charge in [0.15, 0.2) is 0 Å². The van der Waals surface area contributed by atoms with E-state index in [0.717, 1.165) is 10.9 Å². The fourth-order valence-corrected chi connectivity index (χ4v) is 3.74. The van der Waals surface area contributed by atoms with Crippen molar-refractivity contribution < 1.29 is 0 Å². The molecule has 17 heavy (non-hydrogen) atoms. The molecule has 0 saturated heterocycles. The molecule has 1 unspecified atom stereocenters. The zero-order valence-electron chi connectivity index (χ0n) is 10.2. The summed E-state index contributed by atoms with van der Waals surface area (Å²) >= 11 is 9.46. The van der Waals surface area contributed by atoms with E-state index in [2.05, 4.69) is 38.2 Å². The van der Waals surface area contributed by atoms with E-state index in [-0.39, 0.29) is 0 Å². The summed E-state index contributed by atoms with van der Waals surface area (Å²) < 4.78 is 0.858. The van der Waals surface area contributed by atoms with E-state index in [1.54, 1.807) is 11.3 Å². The third kappa shape index (κ3) is 3.32. The molecule has 1 atom stereocenters. The van der Waals surface area contributed by atoms with E-state index in [1.807, 2.05) is 17.4 Å². The van der Waals surface area contributed by atoms with E-state index in [1.165, 1.54) is 20.2 Å². The van der Waals surface area contributed by atoms with E-state index in [9.17, 15) is 0 Å². The number of nitrogens with one attached hydrogen (secondary N) is 1. The Morgan fingerprint density at radius 2 is 2.06 bits per heavy atom. The van der Waals surface area contributed by atoms with Gasteiger partial charge in [0.25, 0.3) is 0 Å². The van der Waals surface area contributed by atoms with Crippen LogP contribution in [0.5, 0.6) is 0 Å². The molecule has 0 spiro atoms. The first-order chi connectivity index (χ1) is 8.06. The van der Waals surface area contributed by atoms with Gasteiger partial charge in [-0.15, -0.1) is 22.7 Å². The second kappa shape index (κ2) is 5.53. The van der Waals surface area contributed by atoms with Gasteiger partial charge >= 0.3 is 0 Å². The van der Waals surface area contributed by atoms with Crippen molar-refractivity contribution in [1.82, 2.24) is 5.32 Å².